The molecule has 2 heterocycles. The highest BCUT2D eigenvalue weighted by atomic mass is 16.3. The van der Waals surface area contributed by atoms with E-state index < -0.39 is 0 Å². The first-order valence-electron chi connectivity index (χ1n) is 9.32. The maximum atomic E-state index is 12.2. The van der Waals surface area contributed by atoms with Crippen molar-refractivity contribution in [3.8, 4) is 0 Å². The zero-order valence-corrected chi connectivity index (χ0v) is 15.0. The number of carbonyl (C=O) groups is 1. The number of likely N-dealkylation sites (tertiary alicyclic amines) is 1. The topological polar surface area (TPSA) is 45.5 Å². The lowest BCUT2D eigenvalue weighted by molar-refractivity contribution is 0.0953. The predicted molar refractivity (Wildman–Crippen MR) is 99.5 cm³/mol. The Morgan fingerprint density at radius 2 is 1.96 bits per heavy atom. The second kappa shape index (κ2) is 8.86. The minimum absolute atomic E-state index is 0.00204. The molecular weight excluding hydrogens is 312 g/mol. The number of amides is 1. The minimum Gasteiger partial charge on any atom is -0.469 e. The summed E-state index contributed by atoms with van der Waals surface area (Å²) in [5, 5.41) is 2.98. The first-order valence-corrected chi connectivity index (χ1v) is 9.32. The van der Waals surface area contributed by atoms with Crippen LogP contribution in [0.25, 0.3) is 0 Å². The van der Waals surface area contributed by atoms with E-state index in [1.807, 2.05) is 24.3 Å². The van der Waals surface area contributed by atoms with Gasteiger partial charge in [0.15, 0.2) is 0 Å². The Kier molecular flexibility index (Phi) is 6.29. The average Bonchev–Trinajstić information content (AvgIpc) is 3.15. The quantitative estimate of drug-likeness (QED) is 0.778. The van der Waals surface area contributed by atoms with Gasteiger partial charge in [0.1, 0.15) is 5.76 Å². The van der Waals surface area contributed by atoms with E-state index in [1.165, 1.54) is 31.5 Å². The van der Waals surface area contributed by atoms with Crippen LogP contribution in [-0.4, -0.2) is 30.4 Å². The third kappa shape index (κ3) is 5.46. The number of aryl methyl sites for hydroxylation is 1. The summed E-state index contributed by atoms with van der Waals surface area (Å²) < 4.78 is 5.29. The molecule has 1 aromatic heterocycles. The van der Waals surface area contributed by atoms with Crippen molar-refractivity contribution in [3.63, 3.8) is 0 Å². The first kappa shape index (κ1) is 17.7. The smallest absolute Gasteiger partial charge is 0.251 e. The summed E-state index contributed by atoms with van der Waals surface area (Å²) in [7, 11) is 0. The van der Waals surface area contributed by atoms with E-state index in [0.717, 1.165) is 36.6 Å². The van der Waals surface area contributed by atoms with Crippen molar-refractivity contribution in [2.75, 3.05) is 19.6 Å². The number of hydrogen-bond acceptors (Lipinski definition) is 3. The molecule has 1 amide bonds. The van der Waals surface area contributed by atoms with E-state index in [-0.39, 0.29) is 5.91 Å². The van der Waals surface area contributed by atoms with Crippen LogP contribution < -0.4 is 5.32 Å². The lowest BCUT2D eigenvalue weighted by Crippen LogP contribution is -2.32. The van der Waals surface area contributed by atoms with Gasteiger partial charge in [-0.3, -0.25) is 9.69 Å². The molecule has 4 heteroatoms. The van der Waals surface area contributed by atoms with Crippen molar-refractivity contribution in [2.45, 2.75) is 39.2 Å². The fourth-order valence-corrected chi connectivity index (χ4v) is 3.26. The first-order chi connectivity index (χ1) is 12.2. The molecule has 1 N–H and O–H groups in total. The molecule has 1 aromatic carbocycles. The number of hydrogen-bond donors (Lipinski definition) is 1. The maximum Gasteiger partial charge on any atom is 0.251 e. The number of furan rings is 1. The molecule has 0 bridgehead atoms. The van der Waals surface area contributed by atoms with Gasteiger partial charge in [0.25, 0.3) is 5.91 Å². The Morgan fingerprint density at radius 1 is 1.20 bits per heavy atom. The van der Waals surface area contributed by atoms with Gasteiger partial charge in [0.05, 0.1) is 6.26 Å². The van der Waals surface area contributed by atoms with Gasteiger partial charge in [-0.25, -0.2) is 0 Å². The molecule has 0 unspecified atom stereocenters. The van der Waals surface area contributed by atoms with Crippen LogP contribution in [0.1, 0.15) is 47.9 Å². The SMILES string of the molecule is CC1CCN(Cc2ccc(C(=O)NCCCc3ccco3)cc2)CC1. The number of carbonyl (C=O) groups excluding carboxylic acids is 1. The fraction of sp³-hybridized carbons (Fsp3) is 0.476. The Morgan fingerprint density at radius 3 is 2.64 bits per heavy atom. The highest BCUT2D eigenvalue weighted by Crippen LogP contribution is 2.18. The molecule has 0 aliphatic carbocycles. The molecule has 2 aromatic rings. The Hall–Kier alpha value is -2.07. The Balaban J connectivity index is 1.41. The van der Waals surface area contributed by atoms with Crippen LogP contribution >= 0.6 is 0 Å². The van der Waals surface area contributed by atoms with E-state index in [1.54, 1.807) is 6.26 Å². The van der Waals surface area contributed by atoms with Gasteiger partial charge >= 0.3 is 0 Å². The van der Waals surface area contributed by atoms with E-state index in [0.29, 0.717) is 6.54 Å². The van der Waals surface area contributed by atoms with Crippen molar-refractivity contribution >= 4 is 5.91 Å². The van der Waals surface area contributed by atoms with Gasteiger partial charge in [-0.15, -0.1) is 0 Å². The molecule has 1 fully saturated rings. The summed E-state index contributed by atoms with van der Waals surface area (Å²) in [6.45, 7) is 6.34. The highest BCUT2D eigenvalue weighted by molar-refractivity contribution is 5.94. The molecule has 1 saturated heterocycles. The lowest BCUT2D eigenvalue weighted by Gasteiger charge is -2.30. The van der Waals surface area contributed by atoms with Crippen molar-refractivity contribution in [1.82, 2.24) is 10.2 Å². The molecule has 4 nitrogen and oxygen atoms in total. The second-order valence-corrected chi connectivity index (χ2v) is 7.09. The van der Waals surface area contributed by atoms with Gasteiger partial charge in [-0.1, -0.05) is 19.1 Å². The van der Waals surface area contributed by atoms with Crippen LogP contribution in [0.2, 0.25) is 0 Å². The Bertz CT molecular complexity index is 641. The zero-order valence-electron chi connectivity index (χ0n) is 15.0. The van der Waals surface area contributed by atoms with Crippen molar-refractivity contribution in [2.24, 2.45) is 5.92 Å². The van der Waals surface area contributed by atoms with E-state index >= 15 is 0 Å². The third-order valence-corrected chi connectivity index (χ3v) is 4.96. The standard InChI is InChI=1S/C21H28N2O2/c1-17-10-13-23(14-11-17)16-18-6-8-19(9-7-18)21(24)22-12-2-4-20-5-3-15-25-20/h3,5-9,15,17H,2,4,10-14,16H2,1H3,(H,22,24). The van der Waals surface area contributed by atoms with Crippen LogP contribution in [0.5, 0.6) is 0 Å². The summed E-state index contributed by atoms with van der Waals surface area (Å²) in [6, 6.07) is 11.9. The van der Waals surface area contributed by atoms with E-state index in [9.17, 15) is 4.79 Å². The van der Waals surface area contributed by atoms with Gasteiger partial charge in [0, 0.05) is 25.1 Å². The molecule has 0 atom stereocenters. The van der Waals surface area contributed by atoms with Crippen molar-refractivity contribution in [3.05, 3.63) is 59.5 Å². The zero-order chi connectivity index (χ0) is 17.5. The van der Waals surface area contributed by atoms with Crippen LogP contribution in [-0.2, 0) is 13.0 Å². The van der Waals surface area contributed by atoms with Crippen LogP contribution in [0.3, 0.4) is 0 Å². The normalized spacial score (nSPS) is 16.0. The molecule has 1 aliphatic rings. The summed E-state index contributed by atoms with van der Waals surface area (Å²) in [6.07, 6.45) is 5.99. The minimum atomic E-state index is -0.00204. The van der Waals surface area contributed by atoms with Crippen LogP contribution in [0.15, 0.2) is 47.1 Å². The molecule has 0 spiro atoms. The average molecular weight is 340 g/mol. The van der Waals surface area contributed by atoms with Gasteiger partial charge in [-0.05, 0) is 68.1 Å². The summed E-state index contributed by atoms with van der Waals surface area (Å²) >= 11 is 0. The molecule has 0 radical (unpaired) electrons. The highest BCUT2D eigenvalue weighted by Gasteiger charge is 2.15. The second-order valence-electron chi connectivity index (χ2n) is 7.09. The van der Waals surface area contributed by atoms with E-state index in [4.69, 9.17) is 4.42 Å². The number of benzene rings is 1. The van der Waals surface area contributed by atoms with Crippen LogP contribution in [0, 0.1) is 5.92 Å². The number of rotatable bonds is 7. The fourth-order valence-electron chi connectivity index (χ4n) is 3.26. The summed E-state index contributed by atoms with van der Waals surface area (Å²) in [5.41, 5.74) is 2.01. The monoisotopic (exact) mass is 340 g/mol. The van der Waals surface area contributed by atoms with Gasteiger partial charge in [-0.2, -0.15) is 0 Å². The Labute approximate surface area is 150 Å². The summed E-state index contributed by atoms with van der Waals surface area (Å²) in [4.78, 5) is 14.7. The van der Waals surface area contributed by atoms with Crippen LogP contribution in [0.4, 0.5) is 0 Å². The van der Waals surface area contributed by atoms with Crippen molar-refractivity contribution < 1.29 is 9.21 Å². The largest absolute Gasteiger partial charge is 0.469 e. The lowest BCUT2D eigenvalue weighted by atomic mass is 9.99. The molecule has 3 rings (SSSR count). The molecule has 1 aliphatic heterocycles. The number of nitrogens with zero attached hydrogens (tertiary/aromatic N) is 1. The molecule has 0 saturated carbocycles. The number of nitrogens with one attached hydrogen (secondary N) is 1. The molecule has 25 heavy (non-hydrogen) atoms. The van der Waals surface area contributed by atoms with Gasteiger partial charge in [0.2, 0.25) is 0 Å². The van der Waals surface area contributed by atoms with E-state index in [2.05, 4.69) is 29.3 Å². The summed E-state index contributed by atoms with van der Waals surface area (Å²) in [5.74, 6) is 1.82. The predicted octanol–water partition coefficient (Wildman–Crippen LogP) is 3.87. The molecule has 134 valence electrons. The van der Waals surface area contributed by atoms with Crippen molar-refractivity contribution in [1.29, 1.82) is 0 Å². The number of piperidine rings is 1. The molecular formula is C21H28N2O2. The third-order valence-electron chi connectivity index (χ3n) is 4.96. The van der Waals surface area contributed by atoms with Gasteiger partial charge < -0.3 is 9.73 Å². The maximum absolute atomic E-state index is 12.2.